The summed E-state index contributed by atoms with van der Waals surface area (Å²) in [5.41, 5.74) is 0.646. The van der Waals surface area contributed by atoms with Crippen LogP contribution < -0.4 is 9.64 Å². The molecule has 0 radical (unpaired) electrons. The van der Waals surface area contributed by atoms with Crippen LogP contribution in [0.5, 0.6) is 5.75 Å². The van der Waals surface area contributed by atoms with Crippen LogP contribution in [-0.4, -0.2) is 19.1 Å². The van der Waals surface area contributed by atoms with E-state index in [1.807, 2.05) is 0 Å². The molecule has 0 saturated heterocycles. The number of hydrogen-bond acceptors (Lipinski definition) is 2. The lowest BCUT2D eigenvalue weighted by Gasteiger charge is -2.30. The Morgan fingerprint density at radius 3 is 2.60 bits per heavy atom. The van der Waals surface area contributed by atoms with E-state index in [4.69, 9.17) is 27.9 Å². The van der Waals surface area contributed by atoms with E-state index in [1.54, 1.807) is 26.1 Å². The molecule has 1 aromatic rings. The van der Waals surface area contributed by atoms with Crippen molar-refractivity contribution in [3.05, 3.63) is 22.2 Å². The Labute approximate surface area is 97.5 Å². The number of likely N-dealkylation sites (N-methyl/N-ethyl adjacent to an activating group) is 1. The number of carbonyl (C=O) groups excluding carboxylic acids is 1. The SMILES string of the molecule is CC1Oc2cc(Cl)c(Cl)cc2N(C)C1=O. The largest absolute Gasteiger partial charge is 0.479 e. The summed E-state index contributed by atoms with van der Waals surface area (Å²) in [6.07, 6.45) is -0.486. The molecule has 1 aliphatic heterocycles. The van der Waals surface area contributed by atoms with Crippen LogP contribution in [0.1, 0.15) is 6.92 Å². The highest BCUT2D eigenvalue weighted by Gasteiger charge is 2.29. The van der Waals surface area contributed by atoms with Gasteiger partial charge in [0.1, 0.15) is 5.75 Å². The Kier molecular flexibility index (Phi) is 2.52. The first kappa shape index (κ1) is 10.6. The Morgan fingerprint density at radius 1 is 1.33 bits per heavy atom. The number of fused-ring (bicyclic) bond motifs is 1. The van der Waals surface area contributed by atoms with Crippen molar-refractivity contribution in [2.24, 2.45) is 0 Å². The van der Waals surface area contributed by atoms with Crippen molar-refractivity contribution >= 4 is 34.8 Å². The van der Waals surface area contributed by atoms with Crippen molar-refractivity contribution < 1.29 is 9.53 Å². The Bertz CT molecular complexity index is 434. The number of carbonyl (C=O) groups is 1. The van der Waals surface area contributed by atoms with Crippen molar-refractivity contribution in [3.63, 3.8) is 0 Å². The molecule has 0 N–H and O–H groups in total. The molecule has 0 aromatic heterocycles. The van der Waals surface area contributed by atoms with Gasteiger partial charge < -0.3 is 9.64 Å². The van der Waals surface area contributed by atoms with E-state index in [9.17, 15) is 4.79 Å². The molecule has 1 unspecified atom stereocenters. The quantitative estimate of drug-likeness (QED) is 0.704. The average Bonchev–Trinajstić information content (AvgIpc) is 2.19. The van der Waals surface area contributed by atoms with Gasteiger partial charge in [-0.05, 0) is 13.0 Å². The van der Waals surface area contributed by atoms with E-state index in [1.165, 1.54) is 4.90 Å². The maximum atomic E-state index is 11.6. The molecular weight excluding hydrogens is 237 g/mol. The van der Waals surface area contributed by atoms with Crippen LogP contribution in [-0.2, 0) is 4.79 Å². The van der Waals surface area contributed by atoms with E-state index in [2.05, 4.69) is 0 Å². The molecule has 0 bridgehead atoms. The molecule has 0 spiro atoms. The predicted molar refractivity (Wildman–Crippen MR) is 60.0 cm³/mol. The molecule has 1 atom stereocenters. The van der Waals surface area contributed by atoms with Gasteiger partial charge in [-0.15, -0.1) is 0 Å². The summed E-state index contributed by atoms with van der Waals surface area (Å²) >= 11 is 11.7. The molecule has 5 heteroatoms. The molecule has 0 aliphatic carbocycles. The van der Waals surface area contributed by atoms with Gasteiger partial charge in [-0.3, -0.25) is 4.79 Å². The Hall–Kier alpha value is -0.930. The fraction of sp³-hybridized carbons (Fsp3) is 0.300. The van der Waals surface area contributed by atoms with Gasteiger partial charge in [0.25, 0.3) is 5.91 Å². The molecule has 3 nitrogen and oxygen atoms in total. The Balaban J connectivity index is 2.56. The van der Waals surface area contributed by atoms with Crippen LogP contribution in [0.3, 0.4) is 0 Å². The number of benzene rings is 1. The van der Waals surface area contributed by atoms with Gasteiger partial charge in [-0.2, -0.15) is 0 Å². The highest BCUT2D eigenvalue weighted by molar-refractivity contribution is 6.42. The van der Waals surface area contributed by atoms with E-state index in [-0.39, 0.29) is 5.91 Å². The smallest absolute Gasteiger partial charge is 0.267 e. The number of nitrogens with zero attached hydrogens (tertiary/aromatic N) is 1. The lowest BCUT2D eigenvalue weighted by atomic mass is 10.2. The summed E-state index contributed by atoms with van der Waals surface area (Å²) < 4.78 is 5.42. The zero-order chi connectivity index (χ0) is 11.2. The third-order valence-electron chi connectivity index (χ3n) is 2.35. The number of anilines is 1. The summed E-state index contributed by atoms with van der Waals surface area (Å²) in [6.45, 7) is 1.70. The molecular formula is C10H9Cl2NO2. The van der Waals surface area contributed by atoms with Crippen LogP contribution in [0, 0.1) is 0 Å². The van der Waals surface area contributed by atoms with Crippen molar-refractivity contribution in [2.45, 2.75) is 13.0 Å². The number of hydrogen-bond donors (Lipinski definition) is 0. The molecule has 0 fully saturated rings. The third-order valence-corrected chi connectivity index (χ3v) is 3.07. The van der Waals surface area contributed by atoms with E-state index in [0.29, 0.717) is 21.5 Å². The van der Waals surface area contributed by atoms with Crippen molar-refractivity contribution in [1.29, 1.82) is 0 Å². The van der Waals surface area contributed by atoms with Crippen molar-refractivity contribution in [3.8, 4) is 5.75 Å². The molecule has 80 valence electrons. The van der Waals surface area contributed by atoms with Crippen LogP contribution in [0.4, 0.5) is 5.69 Å². The zero-order valence-corrected chi connectivity index (χ0v) is 9.76. The number of ether oxygens (including phenoxy) is 1. The van der Waals surface area contributed by atoms with Gasteiger partial charge in [-0.25, -0.2) is 0 Å². The van der Waals surface area contributed by atoms with Crippen LogP contribution in [0.2, 0.25) is 10.0 Å². The standard InChI is InChI=1S/C10H9Cl2NO2/c1-5-10(14)13(2)8-3-6(11)7(12)4-9(8)15-5/h3-5H,1-2H3. The molecule has 15 heavy (non-hydrogen) atoms. The lowest BCUT2D eigenvalue weighted by molar-refractivity contribution is -0.125. The molecule has 1 heterocycles. The first-order valence-corrected chi connectivity index (χ1v) is 5.19. The maximum Gasteiger partial charge on any atom is 0.267 e. The van der Waals surface area contributed by atoms with Gasteiger partial charge in [0, 0.05) is 13.1 Å². The van der Waals surface area contributed by atoms with Crippen LogP contribution in [0.25, 0.3) is 0 Å². The summed E-state index contributed by atoms with van der Waals surface area (Å²) in [4.78, 5) is 13.1. The topological polar surface area (TPSA) is 29.5 Å². The minimum absolute atomic E-state index is 0.0964. The molecule has 1 aliphatic rings. The van der Waals surface area contributed by atoms with E-state index in [0.717, 1.165) is 0 Å². The predicted octanol–water partition coefficient (Wildman–Crippen LogP) is 2.74. The molecule has 2 rings (SSSR count). The van der Waals surface area contributed by atoms with E-state index >= 15 is 0 Å². The zero-order valence-electron chi connectivity index (χ0n) is 8.25. The lowest BCUT2D eigenvalue weighted by Crippen LogP contribution is -2.41. The van der Waals surface area contributed by atoms with Gasteiger partial charge >= 0.3 is 0 Å². The summed E-state index contributed by atoms with van der Waals surface area (Å²) in [5, 5.41) is 0.832. The first-order valence-electron chi connectivity index (χ1n) is 4.44. The van der Waals surface area contributed by atoms with Crippen molar-refractivity contribution in [1.82, 2.24) is 0 Å². The summed E-state index contributed by atoms with van der Waals surface area (Å²) in [6, 6.07) is 3.25. The summed E-state index contributed by atoms with van der Waals surface area (Å²) in [7, 11) is 1.68. The number of amides is 1. The second-order valence-corrected chi connectivity index (χ2v) is 4.21. The first-order chi connectivity index (χ1) is 7.00. The maximum absolute atomic E-state index is 11.6. The monoisotopic (exact) mass is 245 g/mol. The second kappa shape index (κ2) is 3.58. The minimum atomic E-state index is -0.486. The van der Waals surface area contributed by atoms with Crippen LogP contribution in [0.15, 0.2) is 12.1 Å². The van der Waals surface area contributed by atoms with Gasteiger partial charge in [0.2, 0.25) is 0 Å². The van der Waals surface area contributed by atoms with Gasteiger partial charge in [0.15, 0.2) is 6.10 Å². The molecule has 0 saturated carbocycles. The Morgan fingerprint density at radius 2 is 1.93 bits per heavy atom. The summed E-state index contributed by atoms with van der Waals surface area (Å²) in [5.74, 6) is 0.486. The average molecular weight is 246 g/mol. The highest BCUT2D eigenvalue weighted by atomic mass is 35.5. The fourth-order valence-corrected chi connectivity index (χ4v) is 1.82. The fourth-order valence-electron chi connectivity index (χ4n) is 1.51. The number of rotatable bonds is 0. The second-order valence-electron chi connectivity index (χ2n) is 3.39. The third kappa shape index (κ3) is 1.66. The number of halogens is 2. The van der Waals surface area contributed by atoms with Crippen LogP contribution >= 0.6 is 23.2 Å². The molecule has 1 amide bonds. The van der Waals surface area contributed by atoms with Gasteiger partial charge in [0.05, 0.1) is 15.7 Å². The normalized spacial score (nSPS) is 19.9. The minimum Gasteiger partial charge on any atom is -0.479 e. The van der Waals surface area contributed by atoms with Gasteiger partial charge in [-0.1, -0.05) is 23.2 Å². The highest BCUT2D eigenvalue weighted by Crippen LogP contribution is 2.39. The van der Waals surface area contributed by atoms with Crippen molar-refractivity contribution in [2.75, 3.05) is 11.9 Å². The molecule has 1 aromatic carbocycles. The van der Waals surface area contributed by atoms with E-state index < -0.39 is 6.10 Å².